The van der Waals surface area contributed by atoms with Crippen LogP contribution >= 0.6 is 23.4 Å². The number of nitrogens with zero attached hydrogens (tertiary/aromatic N) is 1. The second-order valence-corrected chi connectivity index (χ2v) is 5.44. The van der Waals surface area contributed by atoms with Crippen LogP contribution < -0.4 is 0 Å². The first kappa shape index (κ1) is 8.70. The van der Waals surface area contributed by atoms with Crippen molar-refractivity contribution >= 4 is 29.3 Å². The van der Waals surface area contributed by atoms with Gasteiger partial charge in [-0.25, -0.2) is 0 Å². The lowest BCUT2D eigenvalue weighted by atomic mass is 10.2. The molecule has 2 bridgehead atoms. The Labute approximate surface area is 81.6 Å². The second-order valence-electron chi connectivity index (χ2n) is 3.45. The van der Waals surface area contributed by atoms with Gasteiger partial charge in [-0.2, -0.15) is 11.8 Å². The first-order valence-corrected chi connectivity index (χ1v) is 5.73. The monoisotopic (exact) mass is 205 g/mol. The Morgan fingerprint density at radius 2 is 2.50 bits per heavy atom. The molecule has 0 aromatic heterocycles. The Morgan fingerprint density at radius 3 is 2.92 bits per heavy atom. The second kappa shape index (κ2) is 3.11. The number of fused-ring (bicyclic) bond motifs is 2. The highest BCUT2D eigenvalue weighted by Gasteiger charge is 2.41. The van der Waals surface area contributed by atoms with E-state index in [1.165, 1.54) is 6.42 Å². The third-order valence-electron chi connectivity index (χ3n) is 2.52. The number of thioether (sulfide) groups is 1. The van der Waals surface area contributed by atoms with E-state index in [-0.39, 0.29) is 11.3 Å². The molecule has 2 rings (SSSR count). The lowest BCUT2D eigenvalue weighted by Crippen LogP contribution is -2.42. The van der Waals surface area contributed by atoms with Crippen molar-refractivity contribution in [3.05, 3.63) is 0 Å². The summed E-state index contributed by atoms with van der Waals surface area (Å²) in [6.07, 6.45) is 1.18. The molecule has 3 atom stereocenters. The molecule has 3 unspecified atom stereocenters. The molecular formula is C8H12ClNOS. The summed E-state index contributed by atoms with van der Waals surface area (Å²) >= 11 is 7.74. The minimum Gasteiger partial charge on any atom is -0.336 e. The summed E-state index contributed by atoms with van der Waals surface area (Å²) in [5.41, 5.74) is 0. The molecule has 68 valence electrons. The molecule has 2 heterocycles. The molecule has 0 saturated carbocycles. The predicted octanol–water partition coefficient (Wildman–Crippen LogP) is 1.33. The number of amides is 1. The number of alkyl halides is 1. The molecule has 0 spiro atoms. The van der Waals surface area contributed by atoms with Crippen molar-refractivity contribution in [2.24, 2.45) is 0 Å². The minimum absolute atomic E-state index is 0.115. The normalized spacial score (nSPS) is 35.7. The van der Waals surface area contributed by atoms with E-state index in [2.05, 4.69) is 0 Å². The molecule has 1 amide bonds. The van der Waals surface area contributed by atoms with Crippen LogP contribution in [0.1, 0.15) is 13.3 Å². The van der Waals surface area contributed by atoms with Gasteiger partial charge in [0.25, 0.3) is 0 Å². The van der Waals surface area contributed by atoms with Crippen molar-refractivity contribution in [2.75, 3.05) is 12.3 Å². The summed E-state index contributed by atoms with van der Waals surface area (Å²) < 4.78 is 0. The fraction of sp³-hybridized carbons (Fsp3) is 0.875. The lowest BCUT2D eigenvalue weighted by Gasteiger charge is -2.27. The van der Waals surface area contributed by atoms with Crippen LogP contribution in [0, 0.1) is 0 Å². The number of rotatable bonds is 1. The minimum atomic E-state index is -0.352. The standard InChI is InChI=1S/C8H12ClNOS/c1-5(9)8(11)10-3-7-2-6(10)4-12-7/h5-7H,2-4H2,1H3. The predicted molar refractivity (Wildman–Crippen MR) is 51.7 cm³/mol. The molecule has 2 nitrogen and oxygen atoms in total. The van der Waals surface area contributed by atoms with Gasteiger partial charge in [0.05, 0.1) is 0 Å². The Balaban J connectivity index is 2.02. The van der Waals surface area contributed by atoms with E-state index in [4.69, 9.17) is 11.6 Å². The summed E-state index contributed by atoms with van der Waals surface area (Å²) in [6, 6.07) is 0.480. The highest BCUT2D eigenvalue weighted by atomic mass is 35.5. The van der Waals surface area contributed by atoms with Crippen LogP contribution in [-0.4, -0.2) is 39.8 Å². The average molecular weight is 206 g/mol. The largest absolute Gasteiger partial charge is 0.336 e. The number of hydrogen-bond donors (Lipinski definition) is 0. The van der Waals surface area contributed by atoms with Crippen molar-refractivity contribution in [3.63, 3.8) is 0 Å². The number of hydrogen-bond acceptors (Lipinski definition) is 2. The first-order valence-electron chi connectivity index (χ1n) is 4.24. The molecule has 2 aliphatic rings. The molecule has 0 radical (unpaired) electrons. The highest BCUT2D eigenvalue weighted by Crippen LogP contribution is 2.37. The summed E-state index contributed by atoms with van der Waals surface area (Å²) in [5, 5.41) is 0.337. The van der Waals surface area contributed by atoms with Gasteiger partial charge in [0.2, 0.25) is 5.91 Å². The first-order chi connectivity index (χ1) is 5.68. The molecule has 2 fully saturated rings. The van der Waals surface area contributed by atoms with Crippen LogP contribution in [0.2, 0.25) is 0 Å². The van der Waals surface area contributed by atoms with Crippen LogP contribution in [0.5, 0.6) is 0 Å². The van der Waals surface area contributed by atoms with Crippen molar-refractivity contribution in [1.29, 1.82) is 0 Å². The summed E-state index contributed by atoms with van der Waals surface area (Å²) in [6.45, 7) is 2.67. The van der Waals surface area contributed by atoms with Crippen LogP contribution in [0.15, 0.2) is 0 Å². The number of carbonyl (C=O) groups excluding carboxylic acids is 1. The Kier molecular flexibility index (Phi) is 2.25. The van der Waals surface area contributed by atoms with Gasteiger partial charge in [0, 0.05) is 23.6 Å². The number of carbonyl (C=O) groups is 1. The maximum Gasteiger partial charge on any atom is 0.240 e. The number of likely N-dealkylation sites (tertiary alicyclic amines) is 1. The fourth-order valence-electron chi connectivity index (χ4n) is 1.90. The maximum absolute atomic E-state index is 11.5. The number of halogens is 1. The topological polar surface area (TPSA) is 20.3 Å². The lowest BCUT2D eigenvalue weighted by molar-refractivity contribution is -0.130. The molecule has 4 heteroatoms. The van der Waals surface area contributed by atoms with Gasteiger partial charge in [-0.3, -0.25) is 4.79 Å². The fourth-order valence-corrected chi connectivity index (χ4v) is 3.46. The van der Waals surface area contributed by atoms with Crippen LogP contribution in [0.3, 0.4) is 0 Å². The third kappa shape index (κ3) is 1.33. The molecule has 0 aromatic carbocycles. The maximum atomic E-state index is 11.5. The van der Waals surface area contributed by atoms with Crippen LogP contribution in [0.25, 0.3) is 0 Å². The van der Waals surface area contributed by atoms with Gasteiger partial charge >= 0.3 is 0 Å². The van der Waals surface area contributed by atoms with E-state index in [9.17, 15) is 4.79 Å². The zero-order valence-electron chi connectivity index (χ0n) is 7.00. The van der Waals surface area contributed by atoms with Crippen molar-refractivity contribution in [3.8, 4) is 0 Å². The van der Waals surface area contributed by atoms with E-state index in [0.29, 0.717) is 11.3 Å². The Bertz CT molecular complexity index is 209. The third-order valence-corrected chi connectivity index (χ3v) is 4.10. The van der Waals surface area contributed by atoms with Gasteiger partial charge in [-0.15, -0.1) is 11.6 Å². The molecule has 2 saturated heterocycles. The van der Waals surface area contributed by atoms with Crippen molar-refractivity contribution in [1.82, 2.24) is 4.90 Å². The molecular weight excluding hydrogens is 194 g/mol. The van der Waals surface area contributed by atoms with Gasteiger partial charge in [-0.05, 0) is 13.3 Å². The van der Waals surface area contributed by atoms with Gasteiger partial charge in [-0.1, -0.05) is 0 Å². The average Bonchev–Trinajstić information content (AvgIpc) is 2.62. The van der Waals surface area contributed by atoms with E-state index >= 15 is 0 Å². The van der Waals surface area contributed by atoms with Crippen molar-refractivity contribution < 1.29 is 4.79 Å². The SMILES string of the molecule is CC(Cl)C(=O)N1CC2CC1CS2. The molecule has 2 aliphatic heterocycles. The zero-order valence-corrected chi connectivity index (χ0v) is 8.57. The summed E-state index contributed by atoms with van der Waals surface area (Å²) in [5.74, 6) is 1.23. The quantitative estimate of drug-likeness (QED) is 0.602. The molecule has 0 aliphatic carbocycles. The van der Waals surface area contributed by atoms with Gasteiger partial charge in [0.1, 0.15) is 5.38 Å². The van der Waals surface area contributed by atoms with Gasteiger partial charge < -0.3 is 4.90 Å². The molecule has 12 heavy (non-hydrogen) atoms. The smallest absolute Gasteiger partial charge is 0.240 e. The summed E-state index contributed by atoms with van der Waals surface area (Å²) in [7, 11) is 0. The Hall–Kier alpha value is 0.110. The van der Waals surface area contributed by atoms with E-state index < -0.39 is 0 Å². The van der Waals surface area contributed by atoms with E-state index in [0.717, 1.165) is 12.3 Å². The van der Waals surface area contributed by atoms with Crippen LogP contribution in [0.4, 0.5) is 0 Å². The highest BCUT2D eigenvalue weighted by molar-refractivity contribution is 8.00. The molecule has 0 aromatic rings. The summed E-state index contributed by atoms with van der Waals surface area (Å²) in [4.78, 5) is 13.5. The molecule has 0 N–H and O–H groups in total. The zero-order chi connectivity index (χ0) is 8.72. The van der Waals surface area contributed by atoms with Crippen molar-refractivity contribution in [2.45, 2.75) is 30.0 Å². The van der Waals surface area contributed by atoms with Crippen LogP contribution in [-0.2, 0) is 4.79 Å². The van der Waals surface area contributed by atoms with E-state index in [1.54, 1.807) is 6.92 Å². The van der Waals surface area contributed by atoms with Gasteiger partial charge in [0.15, 0.2) is 0 Å². The van der Waals surface area contributed by atoms with E-state index in [1.807, 2.05) is 16.7 Å². The Morgan fingerprint density at radius 1 is 1.75 bits per heavy atom.